The van der Waals surface area contributed by atoms with Crippen LogP contribution in [0.1, 0.15) is 18.4 Å². The number of fused-ring (bicyclic) bond motifs is 4. The van der Waals surface area contributed by atoms with Gasteiger partial charge < -0.3 is 10.6 Å². The SMILES string of the molecule is CS(=O)(=O)c1cccc2nc(Nc3ccc4c(c3)NC(=O)CCC4)c3[nH]ncc3c12. The van der Waals surface area contributed by atoms with Crippen LogP contribution in [-0.4, -0.2) is 35.8 Å². The topological polar surface area (TPSA) is 117 Å². The zero-order valence-electron chi connectivity index (χ0n) is 16.2. The number of pyridine rings is 1. The molecule has 5 rings (SSSR count). The number of hydrogen-bond acceptors (Lipinski definition) is 6. The monoisotopic (exact) mass is 421 g/mol. The first-order valence-corrected chi connectivity index (χ1v) is 11.4. The van der Waals surface area contributed by atoms with Crippen molar-refractivity contribution in [3.05, 3.63) is 48.2 Å². The van der Waals surface area contributed by atoms with E-state index in [0.29, 0.717) is 34.0 Å². The summed E-state index contributed by atoms with van der Waals surface area (Å²) in [5.41, 5.74) is 3.82. The number of rotatable bonds is 3. The number of sulfone groups is 1. The Morgan fingerprint density at radius 1 is 1.13 bits per heavy atom. The number of amides is 1. The molecule has 9 heteroatoms. The van der Waals surface area contributed by atoms with Gasteiger partial charge in [0.1, 0.15) is 5.52 Å². The van der Waals surface area contributed by atoms with Crippen LogP contribution in [0, 0.1) is 0 Å². The number of H-pyrrole nitrogens is 1. The molecule has 0 fully saturated rings. The van der Waals surface area contributed by atoms with Crippen LogP contribution in [0.25, 0.3) is 21.8 Å². The van der Waals surface area contributed by atoms with Gasteiger partial charge in [-0.2, -0.15) is 5.10 Å². The van der Waals surface area contributed by atoms with Gasteiger partial charge in [0.15, 0.2) is 15.7 Å². The normalized spacial score (nSPS) is 14.4. The number of hydrogen-bond donors (Lipinski definition) is 3. The summed E-state index contributed by atoms with van der Waals surface area (Å²) >= 11 is 0. The minimum absolute atomic E-state index is 0.0130. The van der Waals surface area contributed by atoms with Crippen LogP contribution in [0.15, 0.2) is 47.5 Å². The maximum atomic E-state index is 12.3. The maximum Gasteiger partial charge on any atom is 0.224 e. The molecule has 0 saturated carbocycles. The Balaban J connectivity index is 1.64. The highest BCUT2D eigenvalue weighted by Crippen LogP contribution is 2.34. The maximum absolute atomic E-state index is 12.3. The molecule has 4 aromatic rings. The predicted molar refractivity (Wildman–Crippen MR) is 116 cm³/mol. The number of nitrogens with zero attached hydrogens (tertiary/aromatic N) is 2. The van der Waals surface area contributed by atoms with Crippen molar-refractivity contribution in [1.29, 1.82) is 0 Å². The van der Waals surface area contributed by atoms with E-state index in [9.17, 15) is 13.2 Å². The van der Waals surface area contributed by atoms with Crippen molar-refractivity contribution < 1.29 is 13.2 Å². The molecule has 0 saturated heterocycles. The third-order valence-electron chi connectivity index (χ3n) is 5.28. The van der Waals surface area contributed by atoms with Crippen molar-refractivity contribution in [1.82, 2.24) is 15.2 Å². The van der Waals surface area contributed by atoms with Gasteiger partial charge in [0, 0.05) is 34.8 Å². The van der Waals surface area contributed by atoms with Crippen molar-refractivity contribution in [2.24, 2.45) is 0 Å². The molecule has 8 nitrogen and oxygen atoms in total. The molecule has 30 heavy (non-hydrogen) atoms. The van der Waals surface area contributed by atoms with Gasteiger partial charge in [-0.05, 0) is 42.7 Å². The second kappa shape index (κ2) is 6.81. The molecule has 0 bridgehead atoms. The van der Waals surface area contributed by atoms with E-state index in [-0.39, 0.29) is 10.8 Å². The fourth-order valence-corrected chi connectivity index (χ4v) is 4.80. The van der Waals surface area contributed by atoms with Gasteiger partial charge in [-0.3, -0.25) is 9.89 Å². The standard InChI is InChI=1S/C21H19N5O3S/c1-30(28,29)17-6-3-5-15-19(17)14-11-22-26-20(14)21(25-15)23-13-9-8-12-4-2-7-18(27)24-16(12)10-13/h3,5-6,8-11H,2,4,7H2,1H3,(H,22,26)(H,23,25)(H,24,27). The van der Waals surface area contributed by atoms with Crippen LogP contribution < -0.4 is 10.6 Å². The second-order valence-corrected chi connectivity index (χ2v) is 9.42. The van der Waals surface area contributed by atoms with Gasteiger partial charge in [-0.1, -0.05) is 12.1 Å². The first-order valence-electron chi connectivity index (χ1n) is 9.56. The lowest BCUT2D eigenvalue weighted by Gasteiger charge is -2.13. The molecule has 0 radical (unpaired) electrons. The van der Waals surface area contributed by atoms with Crippen LogP contribution in [0.2, 0.25) is 0 Å². The van der Waals surface area contributed by atoms with Gasteiger partial charge in [0.05, 0.1) is 16.6 Å². The highest BCUT2D eigenvalue weighted by molar-refractivity contribution is 7.91. The van der Waals surface area contributed by atoms with Gasteiger partial charge in [0.25, 0.3) is 0 Å². The summed E-state index contributed by atoms with van der Waals surface area (Å²) < 4.78 is 24.5. The zero-order valence-corrected chi connectivity index (χ0v) is 17.0. The minimum atomic E-state index is -3.43. The number of benzene rings is 2. The third-order valence-corrected chi connectivity index (χ3v) is 6.42. The molecule has 0 spiro atoms. The van der Waals surface area contributed by atoms with Crippen molar-refractivity contribution in [2.45, 2.75) is 24.2 Å². The molecule has 2 aromatic heterocycles. The first-order chi connectivity index (χ1) is 14.4. The van der Waals surface area contributed by atoms with E-state index in [1.165, 1.54) is 6.26 Å². The van der Waals surface area contributed by atoms with Gasteiger partial charge >= 0.3 is 0 Å². The summed E-state index contributed by atoms with van der Waals surface area (Å²) in [7, 11) is -3.43. The zero-order chi connectivity index (χ0) is 20.9. The summed E-state index contributed by atoms with van der Waals surface area (Å²) in [5.74, 6) is 0.541. The molecule has 0 unspecified atom stereocenters. The summed E-state index contributed by atoms with van der Waals surface area (Å²) in [5, 5.41) is 14.5. The average Bonchev–Trinajstić information content (AvgIpc) is 3.11. The number of anilines is 3. The largest absolute Gasteiger partial charge is 0.338 e. The molecule has 2 aromatic carbocycles. The van der Waals surface area contributed by atoms with Gasteiger partial charge in [0.2, 0.25) is 5.91 Å². The lowest BCUT2D eigenvalue weighted by molar-refractivity contribution is -0.116. The first kappa shape index (κ1) is 18.6. The summed E-state index contributed by atoms with van der Waals surface area (Å²) in [6.45, 7) is 0. The molecule has 3 N–H and O–H groups in total. The number of aromatic nitrogens is 3. The summed E-state index contributed by atoms with van der Waals surface area (Å²) in [4.78, 5) is 16.8. The molecule has 1 amide bonds. The van der Waals surface area contributed by atoms with E-state index >= 15 is 0 Å². The van der Waals surface area contributed by atoms with Gasteiger partial charge in [-0.15, -0.1) is 0 Å². The van der Waals surface area contributed by atoms with Crippen LogP contribution >= 0.6 is 0 Å². The Kier molecular flexibility index (Phi) is 4.21. The predicted octanol–water partition coefficient (Wildman–Crippen LogP) is 3.53. The molecule has 1 aliphatic heterocycles. The van der Waals surface area contributed by atoms with Crippen molar-refractivity contribution in [3.63, 3.8) is 0 Å². The van der Waals surface area contributed by atoms with E-state index < -0.39 is 9.84 Å². The lowest BCUT2D eigenvalue weighted by Crippen LogP contribution is -2.09. The molecule has 3 heterocycles. The van der Waals surface area contributed by atoms with Crippen LogP contribution in [0.5, 0.6) is 0 Å². The summed E-state index contributed by atoms with van der Waals surface area (Å²) in [6, 6.07) is 10.9. The highest BCUT2D eigenvalue weighted by atomic mass is 32.2. The number of aromatic amines is 1. The smallest absolute Gasteiger partial charge is 0.224 e. The minimum Gasteiger partial charge on any atom is -0.338 e. The third kappa shape index (κ3) is 3.17. The van der Waals surface area contributed by atoms with Crippen molar-refractivity contribution >= 4 is 54.7 Å². The molecule has 0 atom stereocenters. The lowest BCUT2D eigenvalue weighted by atomic mass is 10.1. The number of carbonyl (C=O) groups is 1. The number of carbonyl (C=O) groups excluding carboxylic acids is 1. The Labute approximate surface area is 172 Å². The average molecular weight is 421 g/mol. The summed E-state index contributed by atoms with van der Waals surface area (Å²) in [6.07, 6.45) is 4.98. The quantitative estimate of drug-likeness (QED) is 0.466. The Morgan fingerprint density at radius 2 is 2.00 bits per heavy atom. The van der Waals surface area contributed by atoms with Crippen LogP contribution in [0.3, 0.4) is 0 Å². The Bertz CT molecular complexity index is 1430. The molecule has 152 valence electrons. The van der Waals surface area contributed by atoms with Crippen molar-refractivity contribution in [3.8, 4) is 0 Å². The van der Waals surface area contributed by atoms with Crippen molar-refractivity contribution in [2.75, 3.05) is 16.9 Å². The number of aryl methyl sites for hydroxylation is 1. The molecule has 1 aliphatic rings. The van der Waals surface area contributed by atoms with Crippen LogP contribution in [-0.2, 0) is 21.1 Å². The fraction of sp³-hybridized carbons (Fsp3) is 0.190. The van der Waals surface area contributed by atoms with E-state index in [2.05, 4.69) is 25.8 Å². The second-order valence-electron chi connectivity index (χ2n) is 7.44. The molecular formula is C21H19N5O3S. The Hall–Kier alpha value is -3.46. The van der Waals surface area contributed by atoms with Gasteiger partial charge in [-0.25, -0.2) is 13.4 Å². The van der Waals surface area contributed by atoms with E-state index in [4.69, 9.17) is 0 Å². The molecular weight excluding hydrogens is 402 g/mol. The highest BCUT2D eigenvalue weighted by Gasteiger charge is 2.19. The fourth-order valence-electron chi connectivity index (χ4n) is 3.89. The van der Waals surface area contributed by atoms with Crippen LogP contribution in [0.4, 0.5) is 17.2 Å². The Morgan fingerprint density at radius 3 is 2.83 bits per heavy atom. The molecule has 0 aliphatic carbocycles. The van der Waals surface area contributed by atoms with E-state index in [0.717, 1.165) is 29.8 Å². The van der Waals surface area contributed by atoms with E-state index in [1.54, 1.807) is 24.4 Å². The number of nitrogens with one attached hydrogen (secondary N) is 3. The van der Waals surface area contributed by atoms with E-state index in [1.807, 2.05) is 18.2 Å².